The van der Waals surface area contributed by atoms with Crippen molar-refractivity contribution in [2.45, 2.75) is 13.8 Å². The van der Waals surface area contributed by atoms with Crippen molar-refractivity contribution in [3.8, 4) is 0 Å². The van der Waals surface area contributed by atoms with E-state index in [1.54, 1.807) is 31.2 Å². The van der Waals surface area contributed by atoms with Crippen LogP contribution >= 0.6 is 15.9 Å². The van der Waals surface area contributed by atoms with Gasteiger partial charge in [-0.25, -0.2) is 0 Å². The second kappa shape index (κ2) is 7.16. The van der Waals surface area contributed by atoms with Crippen molar-refractivity contribution in [3.63, 3.8) is 0 Å². The Morgan fingerprint density at radius 2 is 1.83 bits per heavy atom. The highest BCUT2D eigenvalue weighted by molar-refractivity contribution is 9.10. The summed E-state index contributed by atoms with van der Waals surface area (Å²) in [5.74, 6) is -0.553. The van der Waals surface area contributed by atoms with E-state index in [4.69, 9.17) is 4.74 Å². The summed E-state index contributed by atoms with van der Waals surface area (Å²) in [6.07, 6.45) is 0. The summed E-state index contributed by atoms with van der Waals surface area (Å²) in [6, 6.07) is 7.04. The molecule has 5 heteroatoms. The van der Waals surface area contributed by atoms with Crippen molar-refractivity contribution >= 4 is 27.8 Å². The van der Waals surface area contributed by atoms with Crippen LogP contribution in [0, 0.1) is 0 Å². The van der Waals surface area contributed by atoms with Gasteiger partial charge in [-0.1, -0.05) is 15.9 Å². The lowest BCUT2D eigenvalue weighted by Crippen LogP contribution is -2.36. The van der Waals surface area contributed by atoms with Gasteiger partial charge in [-0.3, -0.25) is 9.59 Å². The molecule has 0 radical (unpaired) electrons. The highest BCUT2D eigenvalue weighted by Crippen LogP contribution is 2.12. The Bertz CT molecular complexity index is 417. The van der Waals surface area contributed by atoms with Gasteiger partial charge in [0.1, 0.15) is 6.54 Å². The number of carbonyl (C=O) groups is 2. The van der Waals surface area contributed by atoms with Crippen LogP contribution in [0.1, 0.15) is 24.2 Å². The van der Waals surface area contributed by atoms with Gasteiger partial charge in [0, 0.05) is 16.6 Å². The summed E-state index contributed by atoms with van der Waals surface area (Å²) < 4.78 is 5.75. The minimum absolute atomic E-state index is 0.0146. The van der Waals surface area contributed by atoms with Gasteiger partial charge < -0.3 is 9.64 Å². The summed E-state index contributed by atoms with van der Waals surface area (Å²) >= 11 is 3.31. The van der Waals surface area contributed by atoms with Crippen LogP contribution in [0.3, 0.4) is 0 Å². The smallest absolute Gasteiger partial charge is 0.325 e. The Morgan fingerprint density at radius 1 is 1.22 bits per heavy atom. The van der Waals surface area contributed by atoms with Crippen LogP contribution < -0.4 is 0 Å². The molecule has 0 spiro atoms. The van der Waals surface area contributed by atoms with Gasteiger partial charge >= 0.3 is 5.97 Å². The molecule has 1 aromatic carbocycles. The molecule has 98 valence electrons. The first-order valence-electron chi connectivity index (χ1n) is 5.79. The molecule has 0 saturated heterocycles. The minimum Gasteiger partial charge on any atom is -0.465 e. The molecule has 0 heterocycles. The van der Waals surface area contributed by atoms with Crippen LogP contribution in [0.25, 0.3) is 0 Å². The lowest BCUT2D eigenvalue weighted by atomic mass is 10.2. The van der Waals surface area contributed by atoms with E-state index in [9.17, 15) is 9.59 Å². The fraction of sp³-hybridized carbons (Fsp3) is 0.385. The molecule has 18 heavy (non-hydrogen) atoms. The van der Waals surface area contributed by atoms with Gasteiger partial charge in [0.05, 0.1) is 6.61 Å². The number of hydrogen-bond donors (Lipinski definition) is 0. The third-order valence-electron chi connectivity index (χ3n) is 2.39. The van der Waals surface area contributed by atoms with E-state index in [0.717, 1.165) is 4.47 Å². The van der Waals surface area contributed by atoms with Gasteiger partial charge in [-0.2, -0.15) is 0 Å². The largest absolute Gasteiger partial charge is 0.465 e. The van der Waals surface area contributed by atoms with Gasteiger partial charge in [0.25, 0.3) is 5.91 Å². The van der Waals surface area contributed by atoms with Crippen LogP contribution in [0.2, 0.25) is 0 Å². The molecule has 0 aliphatic heterocycles. The first-order valence-corrected chi connectivity index (χ1v) is 6.58. The minimum atomic E-state index is -0.384. The maximum Gasteiger partial charge on any atom is 0.325 e. The van der Waals surface area contributed by atoms with E-state index in [-0.39, 0.29) is 18.4 Å². The van der Waals surface area contributed by atoms with Crippen molar-refractivity contribution < 1.29 is 14.3 Å². The first kappa shape index (κ1) is 14.7. The number of likely N-dealkylation sites (N-methyl/N-ethyl adjacent to an activating group) is 1. The molecule has 0 aliphatic rings. The second-order valence-corrected chi connectivity index (χ2v) is 4.55. The lowest BCUT2D eigenvalue weighted by molar-refractivity contribution is -0.143. The molecule has 0 aliphatic carbocycles. The fourth-order valence-electron chi connectivity index (χ4n) is 1.46. The van der Waals surface area contributed by atoms with E-state index >= 15 is 0 Å². The highest BCUT2D eigenvalue weighted by Gasteiger charge is 2.17. The number of esters is 1. The van der Waals surface area contributed by atoms with Crippen LogP contribution in [0.5, 0.6) is 0 Å². The number of rotatable bonds is 5. The molecule has 0 aromatic heterocycles. The molecule has 0 saturated carbocycles. The standard InChI is InChI=1S/C13H16BrNO3/c1-3-15(9-12(16)18-4-2)13(17)10-5-7-11(14)8-6-10/h5-8H,3-4,9H2,1-2H3. The highest BCUT2D eigenvalue weighted by atomic mass is 79.9. The van der Waals surface area contributed by atoms with Gasteiger partial charge in [-0.05, 0) is 38.1 Å². The Morgan fingerprint density at radius 3 is 2.33 bits per heavy atom. The Balaban J connectivity index is 2.73. The predicted molar refractivity (Wildman–Crippen MR) is 72.4 cm³/mol. The average molecular weight is 314 g/mol. The van der Waals surface area contributed by atoms with Crippen LogP contribution in [-0.4, -0.2) is 36.5 Å². The predicted octanol–water partition coefficient (Wildman–Crippen LogP) is 2.47. The van der Waals surface area contributed by atoms with E-state index in [2.05, 4.69) is 15.9 Å². The number of halogens is 1. The number of benzene rings is 1. The number of hydrogen-bond acceptors (Lipinski definition) is 3. The Hall–Kier alpha value is -1.36. The summed E-state index contributed by atoms with van der Waals surface area (Å²) in [5.41, 5.74) is 0.560. The molecule has 0 fully saturated rings. The normalized spacial score (nSPS) is 9.94. The zero-order valence-electron chi connectivity index (χ0n) is 10.5. The van der Waals surface area contributed by atoms with Gasteiger partial charge in [-0.15, -0.1) is 0 Å². The summed E-state index contributed by atoms with van der Waals surface area (Å²) in [4.78, 5) is 25.0. The third kappa shape index (κ3) is 4.14. The Kier molecular flexibility index (Phi) is 5.85. The maximum absolute atomic E-state index is 12.1. The van der Waals surface area contributed by atoms with E-state index < -0.39 is 0 Å². The van der Waals surface area contributed by atoms with Crippen molar-refractivity contribution in [1.82, 2.24) is 4.90 Å². The second-order valence-electron chi connectivity index (χ2n) is 3.63. The van der Waals surface area contributed by atoms with Crippen LogP contribution in [0.4, 0.5) is 0 Å². The molecular weight excluding hydrogens is 298 g/mol. The molecule has 0 N–H and O–H groups in total. The third-order valence-corrected chi connectivity index (χ3v) is 2.91. The van der Waals surface area contributed by atoms with E-state index in [1.165, 1.54) is 4.90 Å². The molecule has 0 atom stereocenters. The molecular formula is C13H16BrNO3. The molecule has 0 unspecified atom stereocenters. The number of carbonyl (C=O) groups excluding carboxylic acids is 2. The van der Waals surface area contributed by atoms with Gasteiger partial charge in [0.2, 0.25) is 0 Å². The molecule has 1 aromatic rings. The first-order chi connectivity index (χ1) is 8.58. The molecule has 0 bridgehead atoms. The quantitative estimate of drug-likeness (QED) is 0.785. The summed E-state index contributed by atoms with van der Waals surface area (Å²) in [6.45, 7) is 4.34. The summed E-state index contributed by atoms with van der Waals surface area (Å²) in [7, 11) is 0. The number of nitrogens with zero attached hydrogens (tertiary/aromatic N) is 1. The fourth-order valence-corrected chi connectivity index (χ4v) is 1.73. The average Bonchev–Trinajstić information content (AvgIpc) is 2.36. The van der Waals surface area contributed by atoms with Crippen molar-refractivity contribution in [1.29, 1.82) is 0 Å². The topological polar surface area (TPSA) is 46.6 Å². The SMILES string of the molecule is CCOC(=O)CN(CC)C(=O)c1ccc(Br)cc1. The molecule has 1 amide bonds. The Labute approximate surface area is 115 Å². The van der Waals surface area contributed by atoms with Gasteiger partial charge in [0.15, 0.2) is 0 Å². The summed E-state index contributed by atoms with van der Waals surface area (Å²) in [5, 5.41) is 0. The molecule has 1 rings (SSSR count). The van der Waals surface area contributed by atoms with Crippen molar-refractivity contribution in [2.75, 3.05) is 19.7 Å². The zero-order valence-corrected chi connectivity index (χ0v) is 12.1. The number of amides is 1. The zero-order chi connectivity index (χ0) is 13.5. The molecule has 4 nitrogen and oxygen atoms in total. The van der Waals surface area contributed by atoms with Crippen LogP contribution in [-0.2, 0) is 9.53 Å². The van der Waals surface area contributed by atoms with Crippen molar-refractivity contribution in [3.05, 3.63) is 34.3 Å². The lowest BCUT2D eigenvalue weighted by Gasteiger charge is -2.19. The van der Waals surface area contributed by atoms with Crippen LogP contribution in [0.15, 0.2) is 28.7 Å². The van der Waals surface area contributed by atoms with E-state index in [0.29, 0.717) is 18.7 Å². The van der Waals surface area contributed by atoms with E-state index in [1.807, 2.05) is 6.92 Å². The monoisotopic (exact) mass is 313 g/mol. The maximum atomic E-state index is 12.1. The number of ether oxygens (including phenoxy) is 1. The van der Waals surface area contributed by atoms with Crippen molar-refractivity contribution in [2.24, 2.45) is 0 Å².